The Labute approximate surface area is 134 Å². The third kappa shape index (κ3) is 3.96. The first-order valence-corrected chi connectivity index (χ1v) is 8.45. The second kappa shape index (κ2) is 7.56. The molecule has 0 aromatic carbocycles. The predicted octanol–water partition coefficient (Wildman–Crippen LogP) is 3.26. The SMILES string of the molecule is CCC(N)CCCCc1onc(-c2ccc(C)s2)c1C(N)=O. The highest BCUT2D eigenvalue weighted by Gasteiger charge is 2.22. The van der Waals surface area contributed by atoms with Crippen molar-refractivity contribution in [3.8, 4) is 10.6 Å². The fourth-order valence-electron chi connectivity index (χ4n) is 2.38. The van der Waals surface area contributed by atoms with E-state index < -0.39 is 5.91 Å². The van der Waals surface area contributed by atoms with Crippen molar-refractivity contribution in [2.24, 2.45) is 11.5 Å². The quantitative estimate of drug-likeness (QED) is 0.729. The molecule has 6 heteroatoms. The van der Waals surface area contributed by atoms with Gasteiger partial charge in [0.15, 0.2) is 0 Å². The van der Waals surface area contributed by atoms with Crippen LogP contribution in [0.25, 0.3) is 10.6 Å². The molecule has 0 fully saturated rings. The summed E-state index contributed by atoms with van der Waals surface area (Å²) in [6.45, 7) is 4.09. The van der Waals surface area contributed by atoms with E-state index in [1.807, 2.05) is 19.1 Å². The number of nitrogens with two attached hydrogens (primary N) is 2. The molecule has 5 nitrogen and oxygen atoms in total. The molecule has 2 heterocycles. The number of hydrogen-bond donors (Lipinski definition) is 2. The Bertz CT molecular complexity index is 633. The molecule has 2 rings (SSSR count). The van der Waals surface area contributed by atoms with Crippen LogP contribution in [0.2, 0.25) is 0 Å². The summed E-state index contributed by atoms with van der Waals surface area (Å²) in [6, 6.07) is 4.18. The molecule has 0 aliphatic heterocycles. The van der Waals surface area contributed by atoms with E-state index in [1.165, 1.54) is 0 Å². The van der Waals surface area contributed by atoms with Crippen LogP contribution in [-0.4, -0.2) is 17.1 Å². The molecule has 0 saturated carbocycles. The van der Waals surface area contributed by atoms with Gasteiger partial charge >= 0.3 is 0 Å². The minimum absolute atomic E-state index is 0.245. The van der Waals surface area contributed by atoms with Crippen molar-refractivity contribution in [3.63, 3.8) is 0 Å². The molecule has 0 radical (unpaired) electrons. The van der Waals surface area contributed by atoms with Gasteiger partial charge in [0, 0.05) is 17.3 Å². The van der Waals surface area contributed by atoms with Gasteiger partial charge < -0.3 is 16.0 Å². The fourth-order valence-corrected chi connectivity index (χ4v) is 3.23. The van der Waals surface area contributed by atoms with Crippen LogP contribution in [0, 0.1) is 6.92 Å². The van der Waals surface area contributed by atoms with E-state index in [4.69, 9.17) is 16.0 Å². The van der Waals surface area contributed by atoms with E-state index in [0.29, 0.717) is 23.4 Å². The molecule has 0 spiro atoms. The van der Waals surface area contributed by atoms with Gasteiger partial charge in [-0.05, 0) is 38.3 Å². The zero-order chi connectivity index (χ0) is 16.1. The summed E-state index contributed by atoms with van der Waals surface area (Å²) in [7, 11) is 0. The predicted molar refractivity (Wildman–Crippen MR) is 88.9 cm³/mol. The van der Waals surface area contributed by atoms with Crippen LogP contribution in [0.1, 0.15) is 53.6 Å². The first-order valence-electron chi connectivity index (χ1n) is 7.63. The van der Waals surface area contributed by atoms with Gasteiger partial charge in [0.05, 0.1) is 4.88 Å². The molecule has 0 saturated heterocycles. The van der Waals surface area contributed by atoms with Crippen molar-refractivity contribution in [1.29, 1.82) is 0 Å². The number of nitrogens with zero attached hydrogens (tertiary/aromatic N) is 1. The zero-order valence-electron chi connectivity index (χ0n) is 13.1. The number of amides is 1. The average Bonchev–Trinajstić information content (AvgIpc) is 3.09. The number of rotatable bonds is 8. The van der Waals surface area contributed by atoms with Crippen LogP contribution >= 0.6 is 11.3 Å². The summed E-state index contributed by atoms with van der Waals surface area (Å²) in [5, 5.41) is 4.06. The van der Waals surface area contributed by atoms with E-state index in [0.717, 1.165) is 35.4 Å². The molecule has 1 atom stereocenters. The number of carbonyl (C=O) groups excluding carboxylic acids is 1. The molecule has 1 unspecified atom stereocenters. The summed E-state index contributed by atoms with van der Waals surface area (Å²) >= 11 is 1.57. The standard InChI is InChI=1S/C16H23N3O2S/c1-3-11(17)6-4-5-7-12-14(16(18)20)15(19-21-12)13-9-8-10(2)22-13/h8-9,11H,3-7,17H2,1-2H3,(H2,18,20). The number of primary amides is 1. The second-order valence-corrected chi connectivity index (χ2v) is 6.81. The maximum Gasteiger partial charge on any atom is 0.254 e. The van der Waals surface area contributed by atoms with Crippen molar-refractivity contribution < 1.29 is 9.32 Å². The topological polar surface area (TPSA) is 95.1 Å². The van der Waals surface area contributed by atoms with Gasteiger partial charge in [-0.2, -0.15) is 0 Å². The van der Waals surface area contributed by atoms with Crippen LogP contribution in [0.5, 0.6) is 0 Å². The number of aromatic nitrogens is 1. The number of hydrogen-bond acceptors (Lipinski definition) is 5. The smallest absolute Gasteiger partial charge is 0.254 e. The Hall–Kier alpha value is -1.66. The molecule has 2 aromatic rings. The van der Waals surface area contributed by atoms with Crippen molar-refractivity contribution in [2.75, 3.05) is 0 Å². The first-order chi connectivity index (χ1) is 10.5. The van der Waals surface area contributed by atoms with E-state index in [2.05, 4.69) is 12.1 Å². The van der Waals surface area contributed by atoms with Crippen LogP contribution in [0.15, 0.2) is 16.7 Å². The summed E-state index contributed by atoms with van der Waals surface area (Å²) in [5.74, 6) is 0.0983. The normalized spacial score (nSPS) is 12.5. The maximum atomic E-state index is 11.8. The lowest BCUT2D eigenvalue weighted by molar-refractivity contribution is 0.0999. The molecule has 1 amide bonds. The average molecular weight is 321 g/mol. The molecule has 4 N–H and O–H groups in total. The van der Waals surface area contributed by atoms with Gasteiger partial charge in [0.2, 0.25) is 0 Å². The van der Waals surface area contributed by atoms with Gasteiger partial charge in [0.1, 0.15) is 17.0 Å². The molecule has 22 heavy (non-hydrogen) atoms. The zero-order valence-corrected chi connectivity index (χ0v) is 13.9. The highest BCUT2D eigenvalue weighted by molar-refractivity contribution is 7.15. The lowest BCUT2D eigenvalue weighted by Gasteiger charge is -2.07. The van der Waals surface area contributed by atoms with Gasteiger partial charge in [-0.1, -0.05) is 18.5 Å². The summed E-state index contributed by atoms with van der Waals surface area (Å²) < 4.78 is 5.38. The lowest BCUT2D eigenvalue weighted by atomic mass is 10.0. The third-order valence-corrected chi connectivity index (χ3v) is 4.74. The van der Waals surface area contributed by atoms with Gasteiger partial charge in [-0.3, -0.25) is 4.79 Å². The Morgan fingerprint density at radius 3 is 2.77 bits per heavy atom. The van der Waals surface area contributed by atoms with Crippen LogP contribution in [0.4, 0.5) is 0 Å². The van der Waals surface area contributed by atoms with Crippen molar-refractivity contribution in [2.45, 2.75) is 52.0 Å². The Kier molecular flexibility index (Phi) is 5.74. The van der Waals surface area contributed by atoms with Crippen LogP contribution < -0.4 is 11.5 Å². The molecule has 2 aromatic heterocycles. The highest BCUT2D eigenvalue weighted by Crippen LogP contribution is 2.31. The van der Waals surface area contributed by atoms with Crippen molar-refractivity contribution in [1.82, 2.24) is 5.16 Å². The van der Waals surface area contributed by atoms with E-state index in [1.54, 1.807) is 11.3 Å². The van der Waals surface area contributed by atoms with Crippen molar-refractivity contribution in [3.05, 3.63) is 28.3 Å². The highest BCUT2D eigenvalue weighted by atomic mass is 32.1. The molecule has 0 aliphatic rings. The Balaban J connectivity index is 2.09. The third-order valence-electron chi connectivity index (χ3n) is 3.74. The summed E-state index contributed by atoms with van der Waals surface area (Å²) in [5.41, 5.74) is 12.4. The monoisotopic (exact) mass is 321 g/mol. The minimum Gasteiger partial charge on any atom is -0.365 e. The van der Waals surface area contributed by atoms with E-state index >= 15 is 0 Å². The molecule has 0 aliphatic carbocycles. The second-order valence-electron chi connectivity index (χ2n) is 5.52. The first kappa shape index (κ1) is 16.7. The lowest BCUT2D eigenvalue weighted by Crippen LogP contribution is -2.18. The largest absolute Gasteiger partial charge is 0.365 e. The summed E-state index contributed by atoms with van der Waals surface area (Å²) in [4.78, 5) is 13.8. The van der Waals surface area contributed by atoms with Crippen LogP contribution in [0.3, 0.4) is 0 Å². The summed E-state index contributed by atoms with van der Waals surface area (Å²) in [6.07, 6.45) is 4.53. The Morgan fingerprint density at radius 2 is 2.18 bits per heavy atom. The van der Waals surface area contributed by atoms with E-state index in [-0.39, 0.29) is 6.04 Å². The Morgan fingerprint density at radius 1 is 1.41 bits per heavy atom. The molecular weight excluding hydrogens is 298 g/mol. The number of aryl methyl sites for hydroxylation is 2. The molecule has 120 valence electrons. The molecular formula is C16H23N3O2S. The van der Waals surface area contributed by atoms with Gasteiger partial charge in [-0.25, -0.2) is 0 Å². The minimum atomic E-state index is -0.484. The van der Waals surface area contributed by atoms with Gasteiger partial charge in [-0.15, -0.1) is 11.3 Å². The molecule has 0 bridgehead atoms. The van der Waals surface area contributed by atoms with Gasteiger partial charge in [0.25, 0.3) is 5.91 Å². The maximum absolute atomic E-state index is 11.8. The van der Waals surface area contributed by atoms with Crippen LogP contribution in [-0.2, 0) is 6.42 Å². The number of carbonyl (C=O) groups is 1. The number of thiophene rings is 1. The number of unbranched alkanes of at least 4 members (excludes halogenated alkanes) is 1. The van der Waals surface area contributed by atoms with E-state index in [9.17, 15) is 4.79 Å². The fraction of sp³-hybridized carbons (Fsp3) is 0.500. The van der Waals surface area contributed by atoms with Crippen molar-refractivity contribution >= 4 is 17.2 Å².